The number of fused-ring (bicyclic) bond motifs is 2. The zero-order chi connectivity index (χ0) is 21.0. The van der Waals surface area contributed by atoms with E-state index in [1.807, 2.05) is 0 Å². The van der Waals surface area contributed by atoms with Crippen molar-refractivity contribution in [2.45, 2.75) is 76.6 Å². The Morgan fingerprint density at radius 2 is 1.56 bits per heavy atom. The lowest BCUT2D eigenvalue weighted by atomic mass is 9.66. The van der Waals surface area contributed by atoms with Gasteiger partial charge in [0.2, 0.25) is 0 Å². The fraction of sp³-hybridized carbons (Fsp3) is 1.00. The highest BCUT2D eigenvalue weighted by Crippen LogP contribution is 2.59. The Balaban J connectivity index is 2.32. The standard InChI is InChI=1S/C17H26F6O4/c1-4-14(2,3)13(27-26)11-10-6-8(12(11)24)5-9(10)7-15(25,16(18,19)20)17(21,22)23/h8-13,24-26H,4-7H2,1-3H3. The Hall–Kier alpha value is -0.580. The summed E-state index contributed by atoms with van der Waals surface area (Å²) in [4.78, 5) is 4.56. The van der Waals surface area contributed by atoms with Crippen molar-refractivity contribution in [1.29, 1.82) is 0 Å². The average Bonchev–Trinajstić information content (AvgIpc) is 3.04. The number of hydrogen-bond donors (Lipinski definition) is 3. The molecule has 0 spiro atoms. The molecule has 2 fully saturated rings. The molecular formula is C17H26F6O4. The maximum atomic E-state index is 13.1. The maximum absolute atomic E-state index is 13.1. The van der Waals surface area contributed by atoms with Crippen LogP contribution in [0.4, 0.5) is 26.3 Å². The van der Waals surface area contributed by atoms with Crippen LogP contribution in [0.3, 0.4) is 0 Å². The van der Waals surface area contributed by atoms with Gasteiger partial charge in [-0.25, -0.2) is 4.89 Å². The third-order valence-electron chi connectivity index (χ3n) is 6.80. The Bertz CT molecular complexity index is 518. The zero-order valence-corrected chi connectivity index (χ0v) is 15.3. The van der Waals surface area contributed by atoms with Crippen LogP contribution in [0.5, 0.6) is 0 Å². The van der Waals surface area contributed by atoms with E-state index in [-0.39, 0.29) is 12.8 Å². The normalized spacial score (nSPS) is 33.6. The molecule has 3 N–H and O–H groups in total. The lowest BCUT2D eigenvalue weighted by Crippen LogP contribution is -2.58. The second-order valence-electron chi connectivity index (χ2n) is 8.65. The number of halogens is 6. The van der Waals surface area contributed by atoms with Gasteiger partial charge in [0.1, 0.15) is 6.10 Å². The topological polar surface area (TPSA) is 69.9 Å². The molecular weight excluding hydrogens is 382 g/mol. The lowest BCUT2D eigenvalue weighted by molar-refractivity contribution is -0.374. The number of rotatable bonds is 6. The van der Waals surface area contributed by atoms with Crippen LogP contribution in [0.1, 0.15) is 46.5 Å². The lowest BCUT2D eigenvalue weighted by Gasteiger charge is -2.44. The molecule has 4 nitrogen and oxygen atoms in total. The van der Waals surface area contributed by atoms with Gasteiger partial charge in [-0.3, -0.25) is 5.26 Å². The highest BCUT2D eigenvalue weighted by atomic mass is 19.4. The average molecular weight is 408 g/mol. The van der Waals surface area contributed by atoms with Gasteiger partial charge in [-0.15, -0.1) is 0 Å². The summed E-state index contributed by atoms with van der Waals surface area (Å²) in [6, 6.07) is 0. The molecule has 0 aliphatic heterocycles. The van der Waals surface area contributed by atoms with E-state index in [1.165, 1.54) is 0 Å². The first-order chi connectivity index (χ1) is 12.1. The fourth-order valence-corrected chi connectivity index (χ4v) is 4.86. The highest BCUT2D eigenvalue weighted by Gasteiger charge is 2.72. The van der Waals surface area contributed by atoms with E-state index in [0.717, 1.165) is 0 Å². The Morgan fingerprint density at radius 1 is 1.04 bits per heavy atom. The Kier molecular flexibility index (Phi) is 5.92. The van der Waals surface area contributed by atoms with Crippen molar-refractivity contribution < 1.29 is 46.7 Å². The molecule has 0 aromatic heterocycles. The molecule has 2 aliphatic rings. The van der Waals surface area contributed by atoms with Gasteiger partial charge in [0.25, 0.3) is 5.60 Å². The number of alkyl halides is 6. The molecule has 2 rings (SSSR count). The molecule has 0 radical (unpaired) electrons. The second-order valence-corrected chi connectivity index (χ2v) is 8.65. The predicted octanol–water partition coefficient (Wildman–Crippen LogP) is 4.16. The maximum Gasteiger partial charge on any atom is 0.426 e. The minimum atomic E-state index is -5.86. The number of aliphatic hydroxyl groups is 2. The Morgan fingerprint density at radius 3 is 1.93 bits per heavy atom. The first-order valence-corrected chi connectivity index (χ1v) is 8.94. The van der Waals surface area contributed by atoms with Crippen LogP contribution >= 0.6 is 0 Å². The van der Waals surface area contributed by atoms with Gasteiger partial charge in [0.15, 0.2) is 0 Å². The fourth-order valence-electron chi connectivity index (χ4n) is 4.86. The van der Waals surface area contributed by atoms with E-state index in [2.05, 4.69) is 4.89 Å². The van der Waals surface area contributed by atoms with Crippen LogP contribution in [0.2, 0.25) is 0 Å². The minimum Gasteiger partial charge on any atom is -0.392 e. The molecule has 2 saturated carbocycles. The van der Waals surface area contributed by atoms with Crippen molar-refractivity contribution in [2.24, 2.45) is 29.1 Å². The molecule has 0 aromatic rings. The molecule has 10 heteroatoms. The van der Waals surface area contributed by atoms with Crippen molar-refractivity contribution in [3.05, 3.63) is 0 Å². The van der Waals surface area contributed by atoms with Gasteiger partial charge in [0.05, 0.1) is 6.10 Å². The molecule has 0 saturated heterocycles. The third kappa shape index (κ3) is 3.70. The van der Waals surface area contributed by atoms with Crippen molar-refractivity contribution >= 4 is 0 Å². The summed E-state index contributed by atoms with van der Waals surface area (Å²) in [5, 5.41) is 29.4. The van der Waals surface area contributed by atoms with Crippen LogP contribution in [-0.2, 0) is 4.89 Å². The number of hydrogen-bond acceptors (Lipinski definition) is 4. The van der Waals surface area contributed by atoms with Crippen LogP contribution in [-0.4, -0.2) is 45.6 Å². The largest absolute Gasteiger partial charge is 0.426 e. The van der Waals surface area contributed by atoms with Crippen LogP contribution < -0.4 is 0 Å². The summed E-state index contributed by atoms with van der Waals surface area (Å²) >= 11 is 0. The van der Waals surface area contributed by atoms with E-state index < -0.39 is 65.7 Å². The smallest absolute Gasteiger partial charge is 0.392 e. The van der Waals surface area contributed by atoms with E-state index in [9.17, 15) is 41.8 Å². The zero-order valence-electron chi connectivity index (χ0n) is 15.3. The molecule has 0 amide bonds. The van der Waals surface area contributed by atoms with Crippen LogP contribution in [0.25, 0.3) is 0 Å². The van der Waals surface area contributed by atoms with Crippen LogP contribution in [0.15, 0.2) is 0 Å². The van der Waals surface area contributed by atoms with Gasteiger partial charge in [0, 0.05) is 5.92 Å². The van der Waals surface area contributed by atoms with Gasteiger partial charge in [-0.2, -0.15) is 26.3 Å². The summed E-state index contributed by atoms with van der Waals surface area (Å²) in [7, 11) is 0. The predicted molar refractivity (Wildman–Crippen MR) is 82.5 cm³/mol. The summed E-state index contributed by atoms with van der Waals surface area (Å²) in [6.07, 6.45) is -14.5. The molecule has 2 aliphatic carbocycles. The summed E-state index contributed by atoms with van der Waals surface area (Å²) in [5.74, 6) is -3.11. The molecule has 160 valence electrons. The first-order valence-electron chi connectivity index (χ1n) is 8.94. The van der Waals surface area contributed by atoms with E-state index in [1.54, 1.807) is 20.8 Å². The number of aliphatic hydroxyl groups excluding tert-OH is 1. The second kappa shape index (κ2) is 7.03. The quantitative estimate of drug-likeness (QED) is 0.351. The summed E-state index contributed by atoms with van der Waals surface area (Å²) in [5.41, 5.74) is -5.46. The SMILES string of the molecule is CCC(C)(C)C(OO)C1C(O)C2CC(CC(O)(C(F)(F)F)C(F)(F)F)C1C2. The van der Waals surface area contributed by atoms with Crippen molar-refractivity contribution in [3.8, 4) is 0 Å². The molecule has 27 heavy (non-hydrogen) atoms. The van der Waals surface area contributed by atoms with E-state index in [4.69, 9.17) is 0 Å². The molecule has 2 bridgehead atoms. The Labute approximate surface area is 153 Å². The van der Waals surface area contributed by atoms with E-state index >= 15 is 0 Å². The van der Waals surface area contributed by atoms with Crippen molar-refractivity contribution in [2.75, 3.05) is 0 Å². The van der Waals surface area contributed by atoms with Crippen LogP contribution in [0, 0.1) is 29.1 Å². The highest BCUT2D eigenvalue weighted by molar-refractivity contribution is 5.08. The van der Waals surface area contributed by atoms with Gasteiger partial charge in [-0.1, -0.05) is 20.8 Å². The molecule has 6 atom stereocenters. The van der Waals surface area contributed by atoms with Gasteiger partial charge in [-0.05, 0) is 48.9 Å². The molecule has 0 heterocycles. The molecule has 6 unspecified atom stereocenters. The van der Waals surface area contributed by atoms with Gasteiger partial charge < -0.3 is 10.2 Å². The van der Waals surface area contributed by atoms with Gasteiger partial charge >= 0.3 is 12.4 Å². The summed E-state index contributed by atoms with van der Waals surface area (Å²) < 4.78 is 78.3. The minimum absolute atomic E-state index is 0.0402. The monoisotopic (exact) mass is 408 g/mol. The van der Waals surface area contributed by atoms with Crippen molar-refractivity contribution in [3.63, 3.8) is 0 Å². The first kappa shape index (κ1) is 22.7. The third-order valence-corrected chi connectivity index (χ3v) is 6.80. The van der Waals surface area contributed by atoms with Crippen molar-refractivity contribution in [1.82, 2.24) is 0 Å². The molecule has 0 aromatic carbocycles. The summed E-state index contributed by atoms with van der Waals surface area (Å²) in [6.45, 7) is 5.28. The van der Waals surface area contributed by atoms with E-state index in [0.29, 0.717) is 6.42 Å².